The number of likely N-dealkylation sites (tertiary alicyclic amines) is 1. The molecule has 26 heavy (non-hydrogen) atoms. The van der Waals surface area contributed by atoms with Gasteiger partial charge in [-0.3, -0.25) is 0 Å². The number of hydrogen-bond donors (Lipinski definition) is 1. The molecule has 1 fully saturated rings. The first-order valence-corrected chi connectivity index (χ1v) is 9.95. The molecule has 0 spiro atoms. The van der Waals surface area contributed by atoms with Crippen LogP contribution >= 0.6 is 11.6 Å². The molecule has 1 aliphatic heterocycles. The fourth-order valence-electron chi connectivity index (χ4n) is 4.03. The number of hydrogen-bond acceptors (Lipinski definition) is 3. The summed E-state index contributed by atoms with van der Waals surface area (Å²) in [5.41, 5.74) is 0.544. The predicted molar refractivity (Wildman–Crippen MR) is 106 cm³/mol. The van der Waals surface area contributed by atoms with Crippen molar-refractivity contribution >= 4 is 17.7 Å². The van der Waals surface area contributed by atoms with Gasteiger partial charge in [-0.05, 0) is 50.3 Å². The molecule has 3 atom stereocenters. The Morgan fingerprint density at radius 3 is 2.31 bits per heavy atom. The quantitative estimate of drug-likeness (QED) is 0.790. The summed E-state index contributed by atoms with van der Waals surface area (Å²) in [6.45, 7) is 10.8. The number of benzene rings is 1. The molecule has 3 unspecified atom stereocenters. The maximum atomic E-state index is 12.6. The van der Waals surface area contributed by atoms with Gasteiger partial charge in [-0.15, -0.1) is 0 Å². The molecule has 1 N–H and O–H groups in total. The van der Waals surface area contributed by atoms with E-state index < -0.39 is 11.7 Å². The highest BCUT2D eigenvalue weighted by molar-refractivity contribution is 6.30. The lowest BCUT2D eigenvalue weighted by molar-refractivity contribution is -0.0266. The summed E-state index contributed by atoms with van der Waals surface area (Å²) in [6, 6.07) is 7.73. The second-order valence-corrected chi connectivity index (χ2v) is 8.71. The Hall–Kier alpha value is -1.26. The number of β-amino-alcohol motifs (C(OH)–C–C–N with tert-alkyl or cyclic N) is 1. The minimum absolute atomic E-state index is 0.00384. The topological polar surface area (TPSA) is 49.8 Å². The van der Waals surface area contributed by atoms with Crippen LogP contribution in [0.2, 0.25) is 5.02 Å². The lowest BCUT2D eigenvalue weighted by Gasteiger charge is -2.45. The molecular weight excluding hydrogens is 350 g/mol. The van der Waals surface area contributed by atoms with E-state index in [1.807, 2.05) is 45.0 Å². The van der Waals surface area contributed by atoms with Crippen molar-refractivity contribution in [1.82, 2.24) is 4.90 Å². The summed E-state index contributed by atoms with van der Waals surface area (Å²) in [6.07, 6.45) is 1.06. The van der Waals surface area contributed by atoms with Crippen LogP contribution < -0.4 is 0 Å². The summed E-state index contributed by atoms with van der Waals surface area (Å²) in [7, 11) is 0. The normalized spacial score (nSPS) is 24.0. The molecule has 0 radical (unpaired) electrons. The maximum Gasteiger partial charge on any atom is 0.410 e. The van der Waals surface area contributed by atoms with Gasteiger partial charge in [-0.2, -0.15) is 0 Å². The number of nitrogens with zero attached hydrogens (tertiary/aromatic N) is 1. The molecule has 2 rings (SSSR count). The first kappa shape index (κ1) is 21.0. The number of carbonyl (C=O) groups is 1. The minimum atomic E-state index is -0.622. The van der Waals surface area contributed by atoms with Crippen molar-refractivity contribution in [2.45, 2.75) is 65.1 Å². The number of ether oxygens (including phenoxy) is 1. The van der Waals surface area contributed by atoms with Gasteiger partial charge in [0.2, 0.25) is 0 Å². The highest BCUT2D eigenvalue weighted by Crippen LogP contribution is 2.40. The first-order valence-electron chi connectivity index (χ1n) is 9.57. The van der Waals surface area contributed by atoms with Crippen LogP contribution in [0.3, 0.4) is 0 Å². The zero-order valence-electron chi connectivity index (χ0n) is 16.5. The Morgan fingerprint density at radius 1 is 1.23 bits per heavy atom. The molecule has 1 aromatic rings. The van der Waals surface area contributed by atoms with Gasteiger partial charge in [0, 0.05) is 17.5 Å². The van der Waals surface area contributed by atoms with Crippen molar-refractivity contribution in [3.8, 4) is 0 Å². The lowest BCUT2D eigenvalue weighted by atomic mass is 9.71. The molecule has 146 valence electrons. The van der Waals surface area contributed by atoms with Crippen LogP contribution in [0.5, 0.6) is 0 Å². The van der Waals surface area contributed by atoms with Crippen molar-refractivity contribution in [1.29, 1.82) is 0 Å². The predicted octanol–water partition coefficient (Wildman–Crippen LogP) is 5.09. The molecule has 0 saturated carbocycles. The molecule has 0 aliphatic carbocycles. The number of rotatable bonds is 4. The van der Waals surface area contributed by atoms with E-state index in [0.29, 0.717) is 24.0 Å². The number of amides is 1. The number of aliphatic hydroxyl groups is 1. The van der Waals surface area contributed by atoms with Gasteiger partial charge in [-0.25, -0.2) is 4.79 Å². The summed E-state index contributed by atoms with van der Waals surface area (Å²) in [5, 5.41) is 11.6. The fraction of sp³-hybridized carbons (Fsp3) is 0.667. The average Bonchev–Trinajstić information content (AvgIpc) is 2.55. The molecular formula is C21H32ClNO3. The number of carbonyl (C=O) groups excluding carboxylic acids is 1. The zero-order chi connectivity index (χ0) is 19.5. The fourth-order valence-corrected chi connectivity index (χ4v) is 4.16. The molecule has 1 aliphatic rings. The SMILES string of the molecule is CCC(CC)C1CN(C(=O)OC(C)(C)C)CC(O)C1c1ccc(Cl)cc1. The number of piperidine rings is 1. The van der Waals surface area contributed by atoms with E-state index in [0.717, 1.165) is 18.4 Å². The van der Waals surface area contributed by atoms with Crippen molar-refractivity contribution in [3.63, 3.8) is 0 Å². The van der Waals surface area contributed by atoms with E-state index in [1.165, 1.54) is 0 Å². The van der Waals surface area contributed by atoms with Gasteiger partial charge >= 0.3 is 6.09 Å². The monoisotopic (exact) mass is 381 g/mol. The van der Waals surface area contributed by atoms with Crippen LogP contribution in [0.1, 0.15) is 58.9 Å². The van der Waals surface area contributed by atoms with Gasteiger partial charge in [0.25, 0.3) is 0 Å². The molecule has 0 bridgehead atoms. The highest BCUT2D eigenvalue weighted by atomic mass is 35.5. The van der Waals surface area contributed by atoms with Crippen LogP contribution in [-0.4, -0.2) is 40.9 Å². The Bertz CT molecular complexity index is 592. The summed E-state index contributed by atoms with van der Waals surface area (Å²) in [4.78, 5) is 14.2. The molecule has 4 nitrogen and oxygen atoms in total. The van der Waals surface area contributed by atoms with E-state index in [9.17, 15) is 9.90 Å². The Morgan fingerprint density at radius 2 is 1.81 bits per heavy atom. The summed E-state index contributed by atoms with van der Waals surface area (Å²) in [5.74, 6) is 0.605. The highest BCUT2D eigenvalue weighted by Gasteiger charge is 2.42. The van der Waals surface area contributed by atoms with Gasteiger partial charge in [0.1, 0.15) is 5.60 Å². The molecule has 0 aromatic heterocycles. The minimum Gasteiger partial charge on any atom is -0.444 e. The molecule has 5 heteroatoms. The maximum absolute atomic E-state index is 12.6. The summed E-state index contributed by atoms with van der Waals surface area (Å²) >= 11 is 6.03. The second kappa shape index (κ2) is 8.62. The smallest absolute Gasteiger partial charge is 0.410 e. The van der Waals surface area contributed by atoms with E-state index in [1.54, 1.807) is 4.90 Å². The second-order valence-electron chi connectivity index (χ2n) is 8.27. The average molecular weight is 382 g/mol. The van der Waals surface area contributed by atoms with E-state index >= 15 is 0 Å². The number of halogens is 1. The Kier molecular flexibility index (Phi) is 6.98. The lowest BCUT2D eigenvalue weighted by Crippen LogP contribution is -2.53. The van der Waals surface area contributed by atoms with E-state index in [4.69, 9.17) is 16.3 Å². The number of aliphatic hydroxyl groups excluding tert-OH is 1. The van der Waals surface area contributed by atoms with E-state index in [2.05, 4.69) is 13.8 Å². The first-order chi connectivity index (χ1) is 12.2. The van der Waals surface area contributed by atoms with Gasteiger partial charge in [0.15, 0.2) is 0 Å². The molecule has 1 aromatic carbocycles. The van der Waals surface area contributed by atoms with E-state index in [-0.39, 0.29) is 17.9 Å². The van der Waals surface area contributed by atoms with Gasteiger partial charge in [-0.1, -0.05) is 50.4 Å². The Balaban J connectivity index is 2.29. The summed E-state index contributed by atoms with van der Waals surface area (Å²) < 4.78 is 5.54. The Labute approximate surface area is 162 Å². The zero-order valence-corrected chi connectivity index (χ0v) is 17.3. The van der Waals surface area contributed by atoms with Gasteiger partial charge < -0.3 is 14.7 Å². The van der Waals surface area contributed by atoms with Crippen molar-refractivity contribution in [2.75, 3.05) is 13.1 Å². The molecule has 1 saturated heterocycles. The molecule has 1 amide bonds. The van der Waals surface area contributed by atoms with Crippen molar-refractivity contribution in [3.05, 3.63) is 34.9 Å². The third kappa shape index (κ3) is 5.14. The third-order valence-electron chi connectivity index (χ3n) is 5.28. The molecule has 1 heterocycles. The van der Waals surface area contributed by atoms with Crippen molar-refractivity contribution < 1.29 is 14.6 Å². The van der Waals surface area contributed by atoms with Crippen LogP contribution in [0, 0.1) is 11.8 Å². The third-order valence-corrected chi connectivity index (χ3v) is 5.53. The van der Waals surface area contributed by atoms with Crippen molar-refractivity contribution in [2.24, 2.45) is 11.8 Å². The largest absolute Gasteiger partial charge is 0.444 e. The van der Waals surface area contributed by atoms with Crippen LogP contribution in [-0.2, 0) is 4.74 Å². The van der Waals surface area contributed by atoms with Crippen LogP contribution in [0.25, 0.3) is 0 Å². The van der Waals surface area contributed by atoms with Crippen LogP contribution in [0.15, 0.2) is 24.3 Å². The standard InChI is InChI=1S/C21H32ClNO3/c1-6-14(7-2)17-12-23(20(25)26-21(3,4)5)13-18(24)19(17)15-8-10-16(22)11-9-15/h8-11,14,17-19,24H,6-7,12-13H2,1-5H3. The van der Waals surface area contributed by atoms with Gasteiger partial charge in [0.05, 0.1) is 12.6 Å². The van der Waals surface area contributed by atoms with Crippen LogP contribution in [0.4, 0.5) is 4.79 Å².